The first-order valence-corrected chi connectivity index (χ1v) is 7.59. The van der Waals surface area contributed by atoms with Crippen molar-refractivity contribution >= 4 is 28.9 Å². The summed E-state index contributed by atoms with van der Waals surface area (Å²) in [6.45, 7) is 4.17. The van der Waals surface area contributed by atoms with Crippen LogP contribution in [0.4, 0.5) is 5.95 Å². The van der Waals surface area contributed by atoms with Gasteiger partial charge in [0, 0.05) is 5.56 Å². The normalized spacial score (nSPS) is 11.0. The number of rotatable bonds is 4. The average molecular weight is 323 g/mol. The molecule has 0 radical (unpaired) electrons. The van der Waals surface area contributed by atoms with Crippen LogP contribution in [0.15, 0.2) is 42.5 Å². The highest BCUT2D eigenvalue weighted by molar-refractivity contribution is 6.05. The van der Waals surface area contributed by atoms with E-state index < -0.39 is 5.97 Å². The molecule has 2 aromatic carbocycles. The summed E-state index contributed by atoms with van der Waals surface area (Å²) in [6.07, 6.45) is 0. The third kappa shape index (κ3) is 2.99. The number of imidazole rings is 1. The number of benzene rings is 2. The Bertz CT molecular complexity index is 911. The molecule has 0 bridgehead atoms. The topological polar surface area (TPSA) is 95.1 Å². The van der Waals surface area contributed by atoms with Crippen LogP contribution in [-0.4, -0.2) is 27.0 Å². The summed E-state index contributed by atoms with van der Waals surface area (Å²) in [7, 11) is 0. The molecule has 1 heterocycles. The lowest BCUT2D eigenvalue weighted by atomic mass is 10.0. The molecule has 0 aliphatic carbocycles. The number of nitrogens with zero attached hydrogens (tertiary/aromatic N) is 1. The van der Waals surface area contributed by atoms with Gasteiger partial charge in [-0.2, -0.15) is 0 Å². The van der Waals surface area contributed by atoms with Crippen LogP contribution in [0.3, 0.4) is 0 Å². The summed E-state index contributed by atoms with van der Waals surface area (Å²) < 4.78 is 0. The van der Waals surface area contributed by atoms with Gasteiger partial charge in [0.05, 0.1) is 16.6 Å². The highest BCUT2D eigenvalue weighted by atomic mass is 16.4. The molecule has 6 nitrogen and oxygen atoms in total. The fraction of sp³-hybridized carbons (Fsp3) is 0.167. The summed E-state index contributed by atoms with van der Waals surface area (Å²) in [5, 5.41) is 11.9. The third-order valence-corrected chi connectivity index (χ3v) is 3.82. The van der Waals surface area contributed by atoms with Gasteiger partial charge in [0.15, 0.2) is 0 Å². The van der Waals surface area contributed by atoms with Crippen LogP contribution in [0.2, 0.25) is 0 Å². The van der Waals surface area contributed by atoms with E-state index in [1.54, 1.807) is 24.3 Å². The Morgan fingerprint density at radius 2 is 1.83 bits per heavy atom. The van der Waals surface area contributed by atoms with Gasteiger partial charge < -0.3 is 10.1 Å². The number of aromatic carboxylic acids is 1. The van der Waals surface area contributed by atoms with Crippen LogP contribution in [0.1, 0.15) is 46.0 Å². The Kier molecular flexibility index (Phi) is 4.04. The molecule has 0 atom stereocenters. The zero-order valence-electron chi connectivity index (χ0n) is 13.3. The minimum atomic E-state index is -1.05. The summed E-state index contributed by atoms with van der Waals surface area (Å²) in [5.41, 5.74) is 2.65. The molecular formula is C18H17N3O3. The number of aromatic amines is 1. The van der Waals surface area contributed by atoms with E-state index in [1.165, 1.54) is 6.07 Å². The van der Waals surface area contributed by atoms with Crippen molar-refractivity contribution in [2.45, 2.75) is 19.8 Å². The maximum Gasteiger partial charge on any atom is 0.337 e. The molecular weight excluding hydrogens is 306 g/mol. The molecule has 0 unspecified atom stereocenters. The number of H-pyrrole nitrogens is 1. The zero-order chi connectivity index (χ0) is 17.3. The van der Waals surface area contributed by atoms with E-state index in [4.69, 9.17) is 0 Å². The number of hydrogen-bond donors (Lipinski definition) is 3. The molecule has 24 heavy (non-hydrogen) atoms. The highest BCUT2D eigenvalue weighted by Crippen LogP contribution is 2.20. The Hall–Kier alpha value is -3.15. The van der Waals surface area contributed by atoms with Gasteiger partial charge in [0.2, 0.25) is 5.95 Å². The first kappa shape index (κ1) is 15.7. The Morgan fingerprint density at radius 1 is 1.12 bits per heavy atom. The summed E-state index contributed by atoms with van der Waals surface area (Å²) in [4.78, 5) is 30.6. The van der Waals surface area contributed by atoms with Gasteiger partial charge in [-0.3, -0.25) is 10.1 Å². The molecule has 0 aliphatic heterocycles. The van der Waals surface area contributed by atoms with Crippen LogP contribution in [0.25, 0.3) is 11.0 Å². The first-order valence-electron chi connectivity index (χ1n) is 7.59. The molecule has 6 heteroatoms. The maximum atomic E-state index is 12.3. The lowest BCUT2D eigenvalue weighted by Crippen LogP contribution is -2.13. The molecule has 3 aromatic rings. The monoisotopic (exact) mass is 323 g/mol. The Morgan fingerprint density at radius 3 is 2.46 bits per heavy atom. The maximum absolute atomic E-state index is 12.3. The second-order valence-corrected chi connectivity index (χ2v) is 5.82. The van der Waals surface area contributed by atoms with Gasteiger partial charge in [-0.1, -0.05) is 32.0 Å². The highest BCUT2D eigenvalue weighted by Gasteiger charge is 2.14. The molecule has 122 valence electrons. The average Bonchev–Trinajstić information content (AvgIpc) is 2.96. The number of para-hydroxylation sites is 1. The van der Waals surface area contributed by atoms with Crippen molar-refractivity contribution in [3.05, 3.63) is 59.2 Å². The minimum Gasteiger partial charge on any atom is -0.478 e. The van der Waals surface area contributed by atoms with Crippen molar-refractivity contribution in [2.24, 2.45) is 0 Å². The number of carbonyl (C=O) groups excluding carboxylic acids is 1. The number of hydrogen-bond acceptors (Lipinski definition) is 3. The lowest BCUT2D eigenvalue weighted by Gasteiger charge is -2.06. The zero-order valence-corrected chi connectivity index (χ0v) is 13.3. The number of anilines is 1. The van der Waals surface area contributed by atoms with Crippen LogP contribution in [0.5, 0.6) is 0 Å². The van der Waals surface area contributed by atoms with E-state index in [-0.39, 0.29) is 17.4 Å². The van der Waals surface area contributed by atoms with Crippen molar-refractivity contribution in [3.63, 3.8) is 0 Å². The fourth-order valence-corrected chi connectivity index (χ4v) is 2.47. The molecule has 0 spiro atoms. The number of carbonyl (C=O) groups is 2. The van der Waals surface area contributed by atoms with Gasteiger partial charge in [0.1, 0.15) is 0 Å². The van der Waals surface area contributed by atoms with Crippen molar-refractivity contribution in [2.75, 3.05) is 5.32 Å². The number of carboxylic acids is 1. The molecule has 0 aliphatic rings. The second kappa shape index (κ2) is 6.16. The summed E-state index contributed by atoms with van der Waals surface area (Å²) in [6, 6.07) is 12.1. The van der Waals surface area contributed by atoms with Gasteiger partial charge >= 0.3 is 5.97 Å². The predicted octanol–water partition coefficient (Wildman–Crippen LogP) is 3.64. The molecule has 0 saturated carbocycles. The number of amides is 1. The van der Waals surface area contributed by atoms with Crippen LogP contribution < -0.4 is 5.32 Å². The largest absolute Gasteiger partial charge is 0.478 e. The van der Waals surface area contributed by atoms with E-state index in [1.807, 2.05) is 12.1 Å². The quantitative estimate of drug-likeness (QED) is 0.683. The fourth-order valence-electron chi connectivity index (χ4n) is 2.47. The van der Waals surface area contributed by atoms with E-state index >= 15 is 0 Å². The van der Waals surface area contributed by atoms with E-state index in [2.05, 4.69) is 29.1 Å². The van der Waals surface area contributed by atoms with Gasteiger partial charge in [-0.05, 0) is 35.7 Å². The number of aromatic nitrogens is 2. The molecule has 3 N–H and O–H groups in total. The second-order valence-electron chi connectivity index (χ2n) is 5.82. The van der Waals surface area contributed by atoms with Crippen molar-refractivity contribution in [1.29, 1.82) is 0 Å². The summed E-state index contributed by atoms with van der Waals surface area (Å²) >= 11 is 0. The van der Waals surface area contributed by atoms with Gasteiger partial charge in [-0.25, -0.2) is 9.78 Å². The Labute approximate surface area is 138 Å². The van der Waals surface area contributed by atoms with Crippen LogP contribution in [0, 0.1) is 0 Å². The smallest absolute Gasteiger partial charge is 0.337 e. The third-order valence-electron chi connectivity index (χ3n) is 3.82. The van der Waals surface area contributed by atoms with Crippen molar-refractivity contribution in [1.82, 2.24) is 9.97 Å². The van der Waals surface area contributed by atoms with E-state index in [0.717, 1.165) is 5.56 Å². The van der Waals surface area contributed by atoms with Crippen molar-refractivity contribution in [3.8, 4) is 0 Å². The Balaban J connectivity index is 1.85. The number of carboxylic acid groups (broad SMARTS) is 1. The lowest BCUT2D eigenvalue weighted by molar-refractivity contribution is 0.0698. The first-order chi connectivity index (χ1) is 11.5. The van der Waals surface area contributed by atoms with E-state index in [0.29, 0.717) is 22.5 Å². The molecule has 1 aromatic heterocycles. The molecule has 1 amide bonds. The van der Waals surface area contributed by atoms with Crippen molar-refractivity contribution < 1.29 is 14.7 Å². The molecule has 3 rings (SSSR count). The van der Waals surface area contributed by atoms with Crippen LogP contribution >= 0.6 is 0 Å². The predicted molar refractivity (Wildman–Crippen MR) is 91.5 cm³/mol. The SMILES string of the molecule is CC(C)c1ccc(C(=O)Nc2nc3cccc(C(=O)O)c3[nH]2)cc1. The number of fused-ring (bicyclic) bond motifs is 1. The van der Waals surface area contributed by atoms with E-state index in [9.17, 15) is 14.7 Å². The van der Waals surface area contributed by atoms with Crippen LogP contribution in [-0.2, 0) is 0 Å². The van der Waals surface area contributed by atoms with Gasteiger partial charge in [0.25, 0.3) is 5.91 Å². The molecule has 0 fully saturated rings. The summed E-state index contributed by atoms with van der Waals surface area (Å²) in [5.74, 6) is -0.740. The number of nitrogens with one attached hydrogen (secondary N) is 2. The minimum absolute atomic E-state index is 0.113. The standard InChI is InChI=1S/C18H17N3O3/c1-10(2)11-6-8-12(9-7-11)16(22)21-18-19-14-5-3-4-13(17(23)24)15(14)20-18/h3-10H,1-2H3,(H,23,24)(H2,19,20,21,22). The molecule has 0 saturated heterocycles. The van der Waals surface area contributed by atoms with Gasteiger partial charge in [-0.15, -0.1) is 0 Å².